The normalized spacial score (nSPS) is 23.0. The van der Waals surface area contributed by atoms with E-state index < -0.39 is 5.97 Å². The molecule has 16 heavy (non-hydrogen) atoms. The van der Waals surface area contributed by atoms with Crippen molar-refractivity contribution in [3.8, 4) is 0 Å². The predicted molar refractivity (Wildman–Crippen MR) is 62.5 cm³/mol. The highest BCUT2D eigenvalue weighted by Crippen LogP contribution is 2.22. The molecule has 0 N–H and O–H groups in total. The maximum Gasteiger partial charge on any atom is 0.356 e. The molecular formula is C11H8BrNO3. The molecular weight excluding hydrogens is 274 g/mol. The van der Waals surface area contributed by atoms with Crippen molar-refractivity contribution in [1.29, 1.82) is 0 Å². The van der Waals surface area contributed by atoms with Gasteiger partial charge in [-0.15, -0.1) is 0 Å². The zero-order chi connectivity index (χ0) is 11.7. The van der Waals surface area contributed by atoms with Crippen molar-refractivity contribution in [3.63, 3.8) is 0 Å². The van der Waals surface area contributed by atoms with Gasteiger partial charge in [0.05, 0.1) is 17.6 Å². The fourth-order valence-corrected chi connectivity index (χ4v) is 1.87. The van der Waals surface area contributed by atoms with Gasteiger partial charge in [0.1, 0.15) is 0 Å². The molecule has 0 saturated heterocycles. The summed E-state index contributed by atoms with van der Waals surface area (Å²) in [4.78, 5) is 27.1. The van der Waals surface area contributed by atoms with Crippen molar-refractivity contribution in [2.45, 2.75) is 4.83 Å². The van der Waals surface area contributed by atoms with Gasteiger partial charge in [0.2, 0.25) is 0 Å². The second-order valence-corrected chi connectivity index (χ2v) is 4.32. The molecule has 1 aliphatic heterocycles. The highest BCUT2D eigenvalue weighted by Gasteiger charge is 2.25. The second-order valence-electron chi connectivity index (χ2n) is 3.27. The number of hydrogen-bond acceptors (Lipinski definition) is 4. The number of aliphatic imine (C=N–C) groups is 1. The Morgan fingerprint density at radius 3 is 3.00 bits per heavy atom. The number of methoxy groups -OCH3 is 1. The molecule has 0 radical (unpaired) electrons. The molecule has 4 nitrogen and oxygen atoms in total. The van der Waals surface area contributed by atoms with Gasteiger partial charge in [0.15, 0.2) is 11.5 Å². The van der Waals surface area contributed by atoms with Gasteiger partial charge in [-0.1, -0.05) is 28.1 Å². The number of allylic oxidation sites excluding steroid dienone is 5. The van der Waals surface area contributed by atoms with Crippen molar-refractivity contribution < 1.29 is 14.3 Å². The van der Waals surface area contributed by atoms with Crippen molar-refractivity contribution >= 4 is 33.4 Å². The smallest absolute Gasteiger partial charge is 0.356 e. The van der Waals surface area contributed by atoms with E-state index in [1.54, 1.807) is 12.2 Å². The van der Waals surface area contributed by atoms with Crippen LogP contribution in [0.15, 0.2) is 40.6 Å². The minimum Gasteiger partial charge on any atom is -0.464 e. The number of nitrogens with zero attached hydrogens (tertiary/aromatic N) is 1. The van der Waals surface area contributed by atoms with E-state index in [1.165, 1.54) is 13.2 Å². The van der Waals surface area contributed by atoms with Crippen LogP contribution < -0.4 is 0 Å². The van der Waals surface area contributed by atoms with E-state index in [4.69, 9.17) is 0 Å². The number of halogens is 1. The number of fused-ring (bicyclic) bond motifs is 1. The number of rotatable bonds is 1. The summed E-state index contributed by atoms with van der Waals surface area (Å²) < 4.78 is 4.52. The summed E-state index contributed by atoms with van der Waals surface area (Å²) in [6.07, 6.45) is 6.50. The highest BCUT2D eigenvalue weighted by atomic mass is 79.9. The Bertz CT molecular complexity index is 485. The fraction of sp³-hybridized carbons (Fsp3) is 0.182. The first-order chi connectivity index (χ1) is 7.61. The Hall–Kier alpha value is -1.49. The van der Waals surface area contributed by atoms with Gasteiger partial charge >= 0.3 is 5.97 Å². The van der Waals surface area contributed by atoms with Crippen LogP contribution in [0.5, 0.6) is 0 Å². The summed E-state index contributed by atoms with van der Waals surface area (Å²) in [5.41, 5.74) is 1.05. The van der Waals surface area contributed by atoms with E-state index in [0.29, 0.717) is 11.3 Å². The monoisotopic (exact) mass is 281 g/mol. The van der Waals surface area contributed by atoms with E-state index in [9.17, 15) is 9.59 Å². The van der Waals surface area contributed by atoms with E-state index in [2.05, 4.69) is 25.7 Å². The van der Waals surface area contributed by atoms with Gasteiger partial charge < -0.3 is 4.74 Å². The summed E-state index contributed by atoms with van der Waals surface area (Å²) in [7, 11) is 1.25. The lowest BCUT2D eigenvalue weighted by Gasteiger charge is -2.15. The predicted octanol–water partition coefficient (Wildman–Crippen LogP) is 1.33. The molecule has 1 unspecified atom stereocenters. The lowest BCUT2D eigenvalue weighted by Crippen LogP contribution is -2.21. The van der Waals surface area contributed by atoms with E-state index in [1.807, 2.05) is 6.08 Å². The summed E-state index contributed by atoms with van der Waals surface area (Å²) in [6, 6.07) is 0. The molecule has 5 heteroatoms. The molecule has 1 heterocycles. The molecule has 1 atom stereocenters. The molecule has 0 spiro atoms. The van der Waals surface area contributed by atoms with Crippen molar-refractivity contribution in [2.24, 2.45) is 4.99 Å². The minimum atomic E-state index is -0.603. The zero-order valence-electron chi connectivity index (χ0n) is 8.44. The van der Waals surface area contributed by atoms with Crippen LogP contribution in [0, 0.1) is 0 Å². The lowest BCUT2D eigenvalue weighted by atomic mass is 9.96. The number of hydrogen-bond donors (Lipinski definition) is 0. The largest absolute Gasteiger partial charge is 0.464 e. The maximum atomic E-state index is 11.7. The van der Waals surface area contributed by atoms with Crippen LogP contribution >= 0.6 is 15.9 Å². The van der Waals surface area contributed by atoms with Crippen LogP contribution in [0.2, 0.25) is 0 Å². The Kier molecular flexibility index (Phi) is 2.87. The molecule has 0 fully saturated rings. The van der Waals surface area contributed by atoms with Gasteiger partial charge in [0, 0.05) is 11.6 Å². The van der Waals surface area contributed by atoms with Gasteiger partial charge in [-0.05, 0) is 6.08 Å². The molecule has 0 aromatic carbocycles. The highest BCUT2D eigenvalue weighted by molar-refractivity contribution is 9.09. The average Bonchev–Trinajstić information content (AvgIpc) is 2.28. The average molecular weight is 282 g/mol. The molecule has 0 saturated carbocycles. The number of ether oxygens (including phenoxy) is 1. The maximum absolute atomic E-state index is 11.7. The lowest BCUT2D eigenvalue weighted by molar-refractivity contribution is -0.136. The molecule has 82 valence electrons. The van der Waals surface area contributed by atoms with Crippen LogP contribution in [0.4, 0.5) is 0 Å². The third kappa shape index (κ3) is 1.90. The zero-order valence-corrected chi connectivity index (χ0v) is 10.0. The van der Waals surface area contributed by atoms with E-state index in [0.717, 1.165) is 0 Å². The van der Waals surface area contributed by atoms with Crippen LogP contribution in [-0.4, -0.2) is 29.4 Å². The minimum absolute atomic E-state index is 0.0264. The number of carbonyl (C=O) groups is 2. The van der Waals surface area contributed by atoms with Crippen LogP contribution in [0.25, 0.3) is 0 Å². The fourth-order valence-electron chi connectivity index (χ4n) is 1.45. The summed E-state index contributed by atoms with van der Waals surface area (Å²) >= 11 is 3.35. The molecule has 0 aromatic heterocycles. The van der Waals surface area contributed by atoms with Crippen LogP contribution in [-0.2, 0) is 14.3 Å². The number of alkyl halides is 1. The molecule has 1 aliphatic carbocycles. The Morgan fingerprint density at radius 2 is 2.31 bits per heavy atom. The van der Waals surface area contributed by atoms with Gasteiger partial charge in [-0.25, -0.2) is 9.79 Å². The number of ketones is 1. The quantitative estimate of drug-likeness (QED) is 0.538. The first kappa shape index (κ1) is 11.0. The molecule has 2 aliphatic rings. The number of esters is 1. The number of carbonyl (C=O) groups excluding carboxylic acids is 2. The molecule has 2 rings (SSSR count). The molecule has 0 bridgehead atoms. The third-order valence-corrected chi connectivity index (χ3v) is 2.78. The van der Waals surface area contributed by atoms with Gasteiger partial charge in [0.25, 0.3) is 0 Å². The van der Waals surface area contributed by atoms with E-state index in [-0.39, 0.29) is 16.3 Å². The van der Waals surface area contributed by atoms with Gasteiger partial charge in [-0.2, -0.15) is 0 Å². The van der Waals surface area contributed by atoms with Gasteiger partial charge in [-0.3, -0.25) is 4.79 Å². The van der Waals surface area contributed by atoms with Crippen molar-refractivity contribution in [1.82, 2.24) is 0 Å². The third-order valence-electron chi connectivity index (χ3n) is 2.21. The first-order valence-corrected chi connectivity index (χ1v) is 5.51. The van der Waals surface area contributed by atoms with Crippen molar-refractivity contribution in [3.05, 3.63) is 35.6 Å². The van der Waals surface area contributed by atoms with Crippen molar-refractivity contribution in [2.75, 3.05) is 7.11 Å². The first-order valence-electron chi connectivity index (χ1n) is 4.59. The van der Waals surface area contributed by atoms with E-state index >= 15 is 0 Å². The molecule has 0 aromatic rings. The Labute approximate surface area is 101 Å². The SMILES string of the molecule is COC(=O)C1=CC(=O)C2=CC(Br)C=CC2=N1. The summed E-state index contributed by atoms with van der Waals surface area (Å²) in [6.45, 7) is 0. The Balaban J connectivity index is 2.40. The Morgan fingerprint density at radius 1 is 1.56 bits per heavy atom. The summed E-state index contributed by atoms with van der Waals surface area (Å²) in [5, 5.41) is 0. The van der Waals surface area contributed by atoms with Crippen LogP contribution in [0.1, 0.15) is 0 Å². The molecule has 0 amide bonds. The topological polar surface area (TPSA) is 55.7 Å². The summed E-state index contributed by atoms with van der Waals surface area (Å²) in [5.74, 6) is -0.825. The van der Waals surface area contributed by atoms with Crippen LogP contribution in [0.3, 0.4) is 0 Å². The second kappa shape index (κ2) is 4.17. The standard InChI is InChI=1S/C11H8BrNO3/c1-16-11(15)9-5-10(14)7-4-6(12)2-3-8(7)13-9/h2-6H,1H3.